The number of nitrogens with zero attached hydrogens (tertiary/aromatic N) is 4. The second-order valence-electron chi connectivity index (χ2n) is 10.9. The fourth-order valence-corrected chi connectivity index (χ4v) is 4.42. The normalized spacial score (nSPS) is 14.1. The van der Waals surface area contributed by atoms with Crippen molar-refractivity contribution in [3.63, 3.8) is 0 Å². The lowest BCUT2D eigenvalue weighted by molar-refractivity contribution is -0.134. The monoisotopic (exact) mass is 659 g/mol. The fraction of sp³-hybridized carbons (Fsp3) is 0.258. The van der Waals surface area contributed by atoms with Gasteiger partial charge in [-0.25, -0.2) is 19.7 Å². The Hall–Kier alpha value is -5.70. The number of carbonyl (C=O) groups is 2. The molecule has 5 aromatic rings. The van der Waals surface area contributed by atoms with Gasteiger partial charge in [-0.1, -0.05) is 0 Å². The maximum Gasteiger partial charge on any atom is 0.323 e. The number of aromatic nitrogens is 6. The zero-order valence-corrected chi connectivity index (χ0v) is 26.1. The van der Waals surface area contributed by atoms with Gasteiger partial charge in [-0.2, -0.15) is 4.98 Å². The molecular formula is C31H34ClN11O4. The van der Waals surface area contributed by atoms with Crippen LogP contribution >= 0.6 is 11.6 Å². The van der Waals surface area contributed by atoms with E-state index in [9.17, 15) is 9.59 Å². The molecule has 2 saturated carbocycles. The number of carbonyl (C=O) groups excluding carboxylic acids is 1. The summed E-state index contributed by atoms with van der Waals surface area (Å²) >= 11 is 5.59. The van der Waals surface area contributed by atoms with Crippen molar-refractivity contribution in [2.75, 3.05) is 27.0 Å². The number of carboxylic acids is 1. The molecule has 9 N–H and O–H groups in total. The minimum atomic E-state index is -0.833. The molecule has 16 heteroatoms. The van der Waals surface area contributed by atoms with Crippen molar-refractivity contribution >= 4 is 69.2 Å². The number of imidazole rings is 1. The average Bonchev–Trinajstić information content (AvgIpc) is 3.93. The number of rotatable bonds is 6. The molecule has 0 saturated heterocycles. The zero-order valence-electron chi connectivity index (χ0n) is 25.4. The number of hydrogen-bond acceptors (Lipinski definition) is 11. The predicted octanol–water partition coefficient (Wildman–Crippen LogP) is 4.52. The van der Waals surface area contributed by atoms with Crippen LogP contribution in [0.15, 0.2) is 65.7 Å². The third-order valence-electron chi connectivity index (χ3n) is 6.67. The second kappa shape index (κ2) is 15.1. The van der Waals surface area contributed by atoms with E-state index in [4.69, 9.17) is 27.2 Å². The third-order valence-corrected chi connectivity index (χ3v) is 6.85. The number of fused-ring (bicyclic) bond motifs is 2. The van der Waals surface area contributed by atoms with Gasteiger partial charge in [-0.15, -0.1) is 0 Å². The Morgan fingerprint density at radius 3 is 2.19 bits per heavy atom. The van der Waals surface area contributed by atoms with Crippen LogP contribution in [0.1, 0.15) is 38.2 Å². The van der Waals surface area contributed by atoms with Crippen LogP contribution in [0.2, 0.25) is 5.28 Å². The third kappa shape index (κ3) is 10.7. The molecule has 47 heavy (non-hydrogen) atoms. The maximum atomic E-state index is 11.2. The fourth-order valence-electron chi connectivity index (χ4n) is 4.28. The van der Waals surface area contributed by atoms with Gasteiger partial charge >= 0.3 is 5.69 Å². The van der Waals surface area contributed by atoms with Crippen molar-refractivity contribution < 1.29 is 14.7 Å². The Bertz CT molecular complexity index is 1920. The van der Waals surface area contributed by atoms with Crippen LogP contribution < -0.4 is 32.7 Å². The van der Waals surface area contributed by atoms with E-state index >= 15 is 0 Å². The van der Waals surface area contributed by atoms with E-state index in [-0.39, 0.29) is 11.6 Å². The molecule has 1 amide bonds. The van der Waals surface area contributed by atoms with Gasteiger partial charge in [0.05, 0.1) is 17.5 Å². The molecule has 8 rings (SSSR count). The Morgan fingerprint density at radius 2 is 1.53 bits per heavy atom. The van der Waals surface area contributed by atoms with E-state index in [0.29, 0.717) is 35.4 Å². The van der Waals surface area contributed by atoms with E-state index < -0.39 is 5.97 Å². The van der Waals surface area contributed by atoms with Crippen molar-refractivity contribution in [1.82, 2.24) is 29.9 Å². The summed E-state index contributed by atoms with van der Waals surface area (Å²) in [6.07, 6.45) is 8.70. The summed E-state index contributed by atoms with van der Waals surface area (Å²) in [5.41, 5.74) is 10.3. The highest BCUT2D eigenvalue weighted by molar-refractivity contribution is 6.28. The number of nitrogens with one attached hydrogen (secondary N) is 6. The van der Waals surface area contributed by atoms with E-state index in [0.717, 1.165) is 46.5 Å². The smallest absolute Gasteiger partial charge is 0.323 e. The first kappa shape index (κ1) is 32.7. The average molecular weight is 660 g/mol. The summed E-state index contributed by atoms with van der Waals surface area (Å²) in [6, 6.07) is 15.8. The highest BCUT2D eigenvalue weighted by Gasteiger charge is 2.22. The molecule has 244 valence electrons. The predicted molar refractivity (Wildman–Crippen MR) is 181 cm³/mol. The molecule has 3 aromatic heterocycles. The van der Waals surface area contributed by atoms with Gasteiger partial charge in [0, 0.05) is 48.5 Å². The Morgan fingerprint density at radius 1 is 0.894 bits per heavy atom. The zero-order chi connectivity index (χ0) is 33.3. The summed E-state index contributed by atoms with van der Waals surface area (Å²) in [7, 11) is 0. The number of benzene rings is 2. The van der Waals surface area contributed by atoms with Gasteiger partial charge in [-0.05, 0) is 91.4 Å². The lowest BCUT2D eigenvalue weighted by Gasteiger charge is -2.07. The Labute approximate surface area is 273 Å². The van der Waals surface area contributed by atoms with Gasteiger partial charge in [0.15, 0.2) is 0 Å². The van der Waals surface area contributed by atoms with E-state index in [1.54, 1.807) is 18.5 Å². The first-order chi connectivity index (χ1) is 22.6. The molecule has 0 spiro atoms. The van der Waals surface area contributed by atoms with Crippen LogP contribution in [0.4, 0.5) is 34.6 Å². The van der Waals surface area contributed by atoms with Crippen molar-refractivity contribution in [2.45, 2.75) is 51.1 Å². The van der Waals surface area contributed by atoms with Gasteiger partial charge in [0.1, 0.15) is 11.6 Å². The lowest BCUT2D eigenvalue weighted by Crippen LogP contribution is -2.05. The van der Waals surface area contributed by atoms with Crippen LogP contribution in [0.25, 0.3) is 11.0 Å². The number of aliphatic carboxylic acids is 1. The second-order valence-corrected chi connectivity index (χ2v) is 11.3. The van der Waals surface area contributed by atoms with Crippen LogP contribution in [0, 0.1) is 0 Å². The molecule has 0 radical (unpaired) electrons. The number of nitrogen functional groups attached to an aromatic ring is 1. The number of carboxylic acid groups (broad SMARTS) is 1. The maximum absolute atomic E-state index is 11.2. The Kier molecular flexibility index (Phi) is 10.5. The van der Waals surface area contributed by atoms with Crippen molar-refractivity contribution in [1.29, 1.82) is 0 Å². The Balaban J connectivity index is 0.000000141. The largest absolute Gasteiger partial charge is 0.481 e. The molecule has 2 aliphatic carbocycles. The van der Waals surface area contributed by atoms with Gasteiger partial charge < -0.3 is 42.1 Å². The molecule has 0 bridgehead atoms. The van der Waals surface area contributed by atoms with E-state index in [1.807, 2.05) is 42.5 Å². The molecule has 0 unspecified atom stereocenters. The van der Waals surface area contributed by atoms with Gasteiger partial charge in [0.2, 0.25) is 17.1 Å². The van der Waals surface area contributed by atoms with Crippen LogP contribution in [-0.4, -0.2) is 59.0 Å². The lowest BCUT2D eigenvalue weighted by atomic mass is 10.1. The molecule has 3 aliphatic rings. The summed E-state index contributed by atoms with van der Waals surface area (Å²) in [6.45, 7) is 1.08. The standard InChI is InChI=1S/C14H14N6O.C8H8N2O.C7H8ClN3.C2H4O2/c21-14-18-10-4-3-9(7-11(10)19-14)17-13-15-6-5-12(20-13)16-8-1-2-8;9-6-1-2-7-5(3-6)4-8(11)10-7;8-7-9-4-3-6(11-7)10-5-1-2-5;1-2(3)4/h3-8H,1-2H2,(H2,18,19,21)(H2,15,16,17,20);1-3H,4,9H2,(H,10,11);3-5H,1-2H2,(H,9,10,11);1H3,(H,3,4). The number of H-pyrrole nitrogens is 2. The first-order valence-electron chi connectivity index (χ1n) is 14.8. The number of aromatic amines is 2. The number of nitrogens with two attached hydrogens (primary N) is 1. The van der Waals surface area contributed by atoms with Crippen molar-refractivity contribution in [3.8, 4) is 0 Å². The summed E-state index contributed by atoms with van der Waals surface area (Å²) in [4.78, 5) is 52.9. The minimum Gasteiger partial charge on any atom is -0.481 e. The summed E-state index contributed by atoms with van der Waals surface area (Å²) in [5, 5.41) is 20.1. The molecule has 0 atom stereocenters. The molecule has 2 aromatic carbocycles. The summed E-state index contributed by atoms with van der Waals surface area (Å²) in [5.74, 6) is 1.39. The quantitative estimate of drug-likeness (QED) is 0.0929. The molecule has 2 fully saturated rings. The highest BCUT2D eigenvalue weighted by Crippen LogP contribution is 2.26. The highest BCUT2D eigenvalue weighted by atomic mass is 35.5. The number of anilines is 6. The van der Waals surface area contributed by atoms with Gasteiger partial charge in [0.25, 0.3) is 5.97 Å². The minimum absolute atomic E-state index is 0.0469. The molecule has 15 nitrogen and oxygen atoms in total. The molecular weight excluding hydrogens is 626 g/mol. The van der Waals surface area contributed by atoms with E-state index in [2.05, 4.69) is 51.2 Å². The van der Waals surface area contributed by atoms with Crippen molar-refractivity contribution in [2.24, 2.45) is 0 Å². The van der Waals surface area contributed by atoms with E-state index in [1.165, 1.54) is 25.7 Å². The number of halogens is 1. The van der Waals surface area contributed by atoms with Crippen LogP contribution in [0.3, 0.4) is 0 Å². The van der Waals surface area contributed by atoms with Crippen molar-refractivity contribution in [3.05, 3.63) is 82.3 Å². The summed E-state index contributed by atoms with van der Waals surface area (Å²) < 4.78 is 0. The number of hydrogen-bond donors (Lipinski definition) is 8. The molecule has 1 aliphatic heterocycles. The number of amides is 1. The van der Waals surface area contributed by atoms with Crippen LogP contribution in [0.5, 0.6) is 0 Å². The topological polar surface area (TPSA) is 229 Å². The SMILES string of the molecule is CC(=O)O.Clc1nccc(NC2CC2)n1.Nc1ccc2c(c1)CC(=O)N2.O=c1[nH]c2ccc(Nc3nccc(NC4CC4)n3)cc2[nH]1. The van der Waals surface area contributed by atoms with Gasteiger partial charge in [-0.3, -0.25) is 9.59 Å². The molecule has 4 heterocycles. The van der Waals surface area contributed by atoms with Crippen LogP contribution in [-0.2, 0) is 16.0 Å². The first-order valence-corrected chi connectivity index (χ1v) is 15.2.